The van der Waals surface area contributed by atoms with Gasteiger partial charge in [0.2, 0.25) is 0 Å². The molecule has 1 unspecified atom stereocenters. The van der Waals surface area contributed by atoms with E-state index in [0.29, 0.717) is 18.0 Å². The molecule has 1 N–H and O–H groups in total. The predicted octanol–water partition coefficient (Wildman–Crippen LogP) is 1.47. The van der Waals surface area contributed by atoms with E-state index in [0.717, 1.165) is 5.92 Å². The normalized spacial score (nSPS) is 30.4. The fraction of sp³-hybridized carbons (Fsp3) is 0.533. The molecule has 3 fully saturated rings. The Kier molecular flexibility index (Phi) is 3.16. The number of fused-ring (bicyclic) bond motifs is 3. The molecular weight excluding hydrogens is 229 g/mol. The van der Waals surface area contributed by atoms with E-state index >= 15 is 0 Å². The summed E-state index contributed by atoms with van der Waals surface area (Å²) in [5.41, 5.74) is 0.651. The van der Waals surface area contributed by atoms with Crippen LogP contribution in [0.3, 0.4) is 0 Å². The summed E-state index contributed by atoms with van der Waals surface area (Å²) in [5.74, 6) is 0.728. The Morgan fingerprint density at radius 2 is 1.89 bits per heavy atom. The van der Waals surface area contributed by atoms with Crippen molar-refractivity contribution in [1.29, 1.82) is 0 Å². The number of ketones is 1. The van der Waals surface area contributed by atoms with Crippen LogP contribution in [-0.4, -0.2) is 24.9 Å². The van der Waals surface area contributed by atoms with Crippen molar-refractivity contribution >= 4 is 5.78 Å². The Labute approximate surface area is 107 Å². The number of quaternary nitrogens is 1. The maximum absolute atomic E-state index is 12.8. The molecule has 3 aliphatic heterocycles. The van der Waals surface area contributed by atoms with Gasteiger partial charge in [0.05, 0.1) is 25.6 Å². The number of nitrogens with one attached hydrogen (secondary N) is 1. The summed E-state index contributed by atoms with van der Waals surface area (Å²) >= 11 is 0. The Hall–Kier alpha value is -1.22. The molecule has 3 heterocycles. The third-order valence-electron chi connectivity index (χ3n) is 4.54. The van der Waals surface area contributed by atoms with Gasteiger partial charge in [-0.05, 0) is 43.0 Å². The van der Waals surface area contributed by atoms with Gasteiger partial charge in [-0.3, -0.25) is 4.79 Å². The molecule has 2 nitrogen and oxygen atoms in total. The lowest BCUT2D eigenvalue weighted by atomic mass is 9.81. The molecular formula is C15H19FNO+. The predicted molar refractivity (Wildman–Crippen MR) is 67.2 cm³/mol. The zero-order valence-corrected chi connectivity index (χ0v) is 10.5. The minimum Gasteiger partial charge on any atom is -0.332 e. The summed E-state index contributed by atoms with van der Waals surface area (Å²) in [6, 6.07) is 6.43. The number of Topliss-reactive ketones (excluding diaryl/α,β-unsaturated/α-hetero) is 1. The molecule has 3 heteroatoms. The van der Waals surface area contributed by atoms with Gasteiger partial charge in [0.15, 0.2) is 5.78 Å². The fourth-order valence-electron chi connectivity index (χ4n) is 3.47. The van der Waals surface area contributed by atoms with Gasteiger partial charge in [0.25, 0.3) is 0 Å². The van der Waals surface area contributed by atoms with E-state index in [1.54, 1.807) is 17.0 Å². The van der Waals surface area contributed by atoms with E-state index in [1.165, 1.54) is 44.5 Å². The van der Waals surface area contributed by atoms with Crippen molar-refractivity contribution in [2.75, 3.05) is 13.1 Å². The zero-order chi connectivity index (χ0) is 12.5. The molecule has 0 aromatic heterocycles. The van der Waals surface area contributed by atoms with Crippen LogP contribution in [0.2, 0.25) is 0 Å². The molecule has 18 heavy (non-hydrogen) atoms. The van der Waals surface area contributed by atoms with E-state index in [-0.39, 0.29) is 11.6 Å². The van der Waals surface area contributed by atoms with Crippen LogP contribution in [0.25, 0.3) is 0 Å². The highest BCUT2D eigenvalue weighted by Crippen LogP contribution is 2.23. The van der Waals surface area contributed by atoms with Gasteiger partial charge in [0.1, 0.15) is 5.82 Å². The van der Waals surface area contributed by atoms with Gasteiger partial charge < -0.3 is 4.90 Å². The lowest BCUT2D eigenvalue weighted by Gasteiger charge is -2.42. The molecule has 96 valence electrons. The van der Waals surface area contributed by atoms with E-state index < -0.39 is 0 Å². The number of piperidine rings is 3. The molecule has 3 aliphatic rings. The molecule has 1 atom stereocenters. The summed E-state index contributed by atoms with van der Waals surface area (Å²) in [4.78, 5) is 13.8. The first-order chi connectivity index (χ1) is 8.72. The van der Waals surface area contributed by atoms with Crippen molar-refractivity contribution in [3.05, 3.63) is 35.6 Å². The first-order valence-corrected chi connectivity index (χ1v) is 6.86. The maximum atomic E-state index is 12.8. The van der Waals surface area contributed by atoms with Gasteiger partial charge >= 0.3 is 0 Å². The van der Waals surface area contributed by atoms with Crippen LogP contribution >= 0.6 is 0 Å². The van der Waals surface area contributed by atoms with E-state index in [4.69, 9.17) is 0 Å². The minimum atomic E-state index is -0.280. The lowest BCUT2D eigenvalue weighted by molar-refractivity contribution is -0.941. The second-order valence-electron chi connectivity index (χ2n) is 5.67. The van der Waals surface area contributed by atoms with Gasteiger partial charge in [-0.25, -0.2) is 4.39 Å². The van der Waals surface area contributed by atoms with Crippen LogP contribution in [-0.2, 0) is 0 Å². The van der Waals surface area contributed by atoms with Crippen LogP contribution in [0.15, 0.2) is 24.3 Å². The third-order valence-corrected chi connectivity index (χ3v) is 4.54. The monoisotopic (exact) mass is 248 g/mol. The van der Waals surface area contributed by atoms with E-state index in [9.17, 15) is 9.18 Å². The first kappa shape index (κ1) is 11.8. The molecule has 4 rings (SSSR count). The zero-order valence-electron chi connectivity index (χ0n) is 10.5. The van der Waals surface area contributed by atoms with Gasteiger partial charge in [-0.1, -0.05) is 0 Å². The van der Waals surface area contributed by atoms with Crippen LogP contribution in [0.1, 0.15) is 36.0 Å². The summed E-state index contributed by atoms with van der Waals surface area (Å²) in [6.07, 6.45) is 4.48. The Morgan fingerprint density at radius 3 is 2.44 bits per heavy atom. The van der Waals surface area contributed by atoms with E-state index in [1.807, 2.05) is 0 Å². The standard InChI is InChI=1S/C15H18FNO/c16-13-3-1-12(2-4-13)15(18)10-14-9-11-5-7-17(14)8-6-11/h1-4,11,14H,5-10H2/p+1. The van der Waals surface area contributed by atoms with Crippen LogP contribution in [0.4, 0.5) is 4.39 Å². The quantitative estimate of drug-likeness (QED) is 0.804. The number of hydrogen-bond acceptors (Lipinski definition) is 1. The highest BCUT2D eigenvalue weighted by atomic mass is 19.1. The molecule has 0 aliphatic carbocycles. The topological polar surface area (TPSA) is 21.5 Å². The summed E-state index contributed by atoms with van der Waals surface area (Å²) in [6.45, 7) is 2.46. The summed E-state index contributed by atoms with van der Waals surface area (Å²) < 4.78 is 12.8. The molecule has 0 spiro atoms. The van der Waals surface area contributed by atoms with Crippen molar-refractivity contribution in [1.82, 2.24) is 0 Å². The molecule has 1 aromatic rings. The number of rotatable bonds is 3. The highest BCUT2D eigenvalue weighted by molar-refractivity contribution is 5.96. The van der Waals surface area contributed by atoms with Crippen molar-refractivity contribution in [3.8, 4) is 0 Å². The lowest BCUT2D eigenvalue weighted by Crippen LogP contribution is -3.18. The van der Waals surface area contributed by atoms with E-state index in [2.05, 4.69) is 0 Å². The number of hydrogen-bond donors (Lipinski definition) is 1. The number of halogens is 1. The first-order valence-electron chi connectivity index (χ1n) is 6.86. The van der Waals surface area contributed by atoms with Gasteiger partial charge in [-0.15, -0.1) is 0 Å². The fourth-order valence-corrected chi connectivity index (χ4v) is 3.47. The second kappa shape index (κ2) is 4.81. The number of carbonyl (C=O) groups excluding carboxylic acids is 1. The average molecular weight is 248 g/mol. The van der Waals surface area contributed by atoms with Crippen molar-refractivity contribution in [2.24, 2.45) is 5.92 Å². The molecule has 0 radical (unpaired) electrons. The minimum absolute atomic E-state index is 0.167. The Bertz CT molecular complexity index is 434. The molecule has 0 saturated carbocycles. The SMILES string of the molecule is O=C(CC1CC2CC[NH+]1CC2)c1ccc(F)cc1. The van der Waals surface area contributed by atoms with Crippen molar-refractivity contribution < 1.29 is 14.1 Å². The number of benzene rings is 1. The molecule has 0 amide bonds. The van der Waals surface area contributed by atoms with Gasteiger partial charge in [-0.2, -0.15) is 0 Å². The third kappa shape index (κ3) is 2.32. The number of carbonyl (C=O) groups is 1. The average Bonchev–Trinajstić information content (AvgIpc) is 2.41. The van der Waals surface area contributed by atoms with Crippen LogP contribution in [0.5, 0.6) is 0 Å². The smallest absolute Gasteiger partial charge is 0.168 e. The highest BCUT2D eigenvalue weighted by Gasteiger charge is 2.38. The summed E-state index contributed by atoms with van der Waals surface area (Å²) in [5, 5.41) is 0. The van der Waals surface area contributed by atoms with Crippen molar-refractivity contribution in [2.45, 2.75) is 31.7 Å². The maximum Gasteiger partial charge on any atom is 0.168 e. The second-order valence-corrected chi connectivity index (χ2v) is 5.67. The summed E-state index contributed by atoms with van der Waals surface area (Å²) in [7, 11) is 0. The molecule has 1 aromatic carbocycles. The van der Waals surface area contributed by atoms with Crippen LogP contribution < -0.4 is 4.90 Å². The van der Waals surface area contributed by atoms with Crippen molar-refractivity contribution in [3.63, 3.8) is 0 Å². The van der Waals surface area contributed by atoms with Crippen LogP contribution in [0, 0.1) is 11.7 Å². The Balaban J connectivity index is 1.66. The molecule has 2 bridgehead atoms. The van der Waals surface area contributed by atoms with Gasteiger partial charge in [0, 0.05) is 12.0 Å². The Morgan fingerprint density at radius 1 is 1.22 bits per heavy atom. The molecule has 3 saturated heterocycles. The largest absolute Gasteiger partial charge is 0.332 e.